The van der Waals surface area contributed by atoms with E-state index in [1.165, 1.54) is 28.2 Å². The van der Waals surface area contributed by atoms with Gasteiger partial charge in [0.1, 0.15) is 11.2 Å². The topological polar surface area (TPSA) is 75.2 Å². The van der Waals surface area contributed by atoms with Crippen molar-refractivity contribution in [2.24, 2.45) is 23.7 Å². The summed E-state index contributed by atoms with van der Waals surface area (Å²) >= 11 is 1.71. The number of rotatable bonds is 2. The lowest BCUT2D eigenvalue weighted by Crippen LogP contribution is -2.38. The van der Waals surface area contributed by atoms with Crippen molar-refractivity contribution in [2.45, 2.75) is 32.1 Å². The van der Waals surface area contributed by atoms with E-state index in [-0.39, 0.29) is 35.5 Å². The Hall–Kier alpha value is -2.28. The Kier molecular flexibility index (Phi) is 2.93. The molecule has 0 radical (unpaired) electrons. The van der Waals surface area contributed by atoms with Crippen molar-refractivity contribution in [3.8, 4) is 0 Å². The Bertz CT molecular complexity index is 967. The van der Waals surface area contributed by atoms with Crippen LogP contribution in [0, 0.1) is 23.7 Å². The summed E-state index contributed by atoms with van der Waals surface area (Å²) in [5.74, 6) is 0.425. The smallest absolute Gasteiger partial charge is 0.252 e. The van der Waals surface area contributed by atoms with Crippen molar-refractivity contribution in [3.05, 3.63) is 28.9 Å². The van der Waals surface area contributed by atoms with Gasteiger partial charge in [-0.1, -0.05) is 12.2 Å². The number of hydrazine groups is 1. The van der Waals surface area contributed by atoms with Gasteiger partial charge < -0.3 is 0 Å². The number of thiophene rings is 1. The van der Waals surface area contributed by atoms with Crippen LogP contribution in [0.4, 0.5) is 5.82 Å². The second-order valence-corrected chi connectivity index (χ2v) is 8.82. The van der Waals surface area contributed by atoms with Crippen molar-refractivity contribution < 1.29 is 9.59 Å². The first-order chi connectivity index (χ1) is 12.7. The number of anilines is 1. The summed E-state index contributed by atoms with van der Waals surface area (Å²) in [6.45, 7) is 0. The van der Waals surface area contributed by atoms with Crippen molar-refractivity contribution in [1.82, 2.24) is 15.0 Å². The van der Waals surface area contributed by atoms with E-state index in [1.807, 2.05) is 0 Å². The molecular formula is C19H18N4O2S. The second-order valence-electron chi connectivity index (χ2n) is 7.74. The van der Waals surface area contributed by atoms with Gasteiger partial charge in [-0.05, 0) is 49.5 Å². The number of aromatic nitrogens is 2. The molecule has 2 aromatic rings. The third kappa shape index (κ3) is 1.81. The van der Waals surface area contributed by atoms with Gasteiger partial charge in [-0.3, -0.25) is 15.0 Å². The van der Waals surface area contributed by atoms with Gasteiger partial charge in [0.15, 0.2) is 5.82 Å². The van der Waals surface area contributed by atoms with Crippen LogP contribution >= 0.6 is 11.3 Å². The average Bonchev–Trinajstić information content (AvgIpc) is 3.40. The summed E-state index contributed by atoms with van der Waals surface area (Å²) in [7, 11) is 0. The van der Waals surface area contributed by atoms with Gasteiger partial charge in [0.05, 0.1) is 17.2 Å². The monoisotopic (exact) mass is 366 g/mol. The number of nitrogens with zero attached hydrogens (tertiary/aromatic N) is 3. The zero-order valence-electron chi connectivity index (χ0n) is 14.1. The zero-order valence-corrected chi connectivity index (χ0v) is 15.0. The van der Waals surface area contributed by atoms with Crippen LogP contribution < -0.4 is 5.43 Å². The van der Waals surface area contributed by atoms with Gasteiger partial charge in [0.2, 0.25) is 0 Å². The van der Waals surface area contributed by atoms with Crippen LogP contribution in [0.25, 0.3) is 10.2 Å². The van der Waals surface area contributed by atoms with Crippen LogP contribution in [0.3, 0.4) is 0 Å². The first-order valence-electron chi connectivity index (χ1n) is 9.30. The average molecular weight is 366 g/mol. The van der Waals surface area contributed by atoms with Gasteiger partial charge in [-0.15, -0.1) is 11.3 Å². The molecular weight excluding hydrogens is 348 g/mol. The third-order valence-corrected chi connectivity index (χ3v) is 7.64. The third-order valence-electron chi connectivity index (χ3n) is 6.44. The Morgan fingerprint density at radius 3 is 2.54 bits per heavy atom. The molecule has 2 amide bonds. The summed E-state index contributed by atoms with van der Waals surface area (Å²) < 4.78 is 0. The van der Waals surface area contributed by atoms with Crippen molar-refractivity contribution in [3.63, 3.8) is 0 Å². The van der Waals surface area contributed by atoms with E-state index < -0.39 is 0 Å². The fourth-order valence-electron chi connectivity index (χ4n) is 5.29. The number of nitrogens with one attached hydrogen (secondary N) is 1. The van der Waals surface area contributed by atoms with Crippen LogP contribution in [0.2, 0.25) is 0 Å². The molecule has 1 N–H and O–H groups in total. The molecule has 0 spiro atoms. The summed E-state index contributed by atoms with van der Waals surface area (Å²) in [6.07, 6.45) is 11.1. The standard InChI is InChI=1S/C19H18N4O2S/c24-18-13-9-5-6-10(7-9)14(13)19(25)23(18)22-16-15-11-3-1-2-4-12(11)26-17(15)21-8-20-16/h5-6,8-10,13-14H,1-4,7H2,(H,20,21,22)/t9-,10-,13+,14+/m0/s1. The van der Waals surface area contributed by atoms with Gasteiger partial charge in [-0.2, -0.15) is 5.01 Å². The number of allylic oxidation sites excluding steroid dienone is 2. The van der Waals surface area contributed by atoms with E-state index >= 15 is 0 Å². The molecule has 1 saturated heterocycles. The first kappa shape index (κ1) is 14.8. The number of amides is 2. The number of aryl methyl sites for hydroxylation is 2. The van der Waals surface area contributed by atoms with E-state index in [2.05, 4.69) is 27.5 Å². The summed E-state index contributed by atoms with van der Waals surface area (Å²) in [6, 6.07) is 0. The number of fused-ring (bicyclic) bond motifs is 8. The fourth-order valence-corrected chi connectivity index (χ4v) is 6.52. The maximum absolute atomic E-state index is 12.9. The van der Waals surface area contributed by atoms with E-state index in [0.717, 1.165) is 35.9 Å². The molecule has 2 bridgehead atoms. The van der Waals surface area contributed by atoms with Crippen LogP contribution in [0.1, 0.15) is 29.7 Å². The molecule has 26 heavy (non-hydrogen) atoms. The zero-order chi connectivity index (χ0) is 17.4. The Balaban J connectivity index is 1.40. The molecule has 2 aromatic heterocycles. The molecule has 132 valence electrons. The van der Waals surface area contributed by atoms with Crippen LogP contribution in [-0.4, -0.2) is 26.8 Å². The van der Waals surface area contributed by atoms with E-state index in [4.69, 9.17) is 0 Å². The quantitative estimate of drug-likeness (QED) is 0.653. The van der Waals surface area contributed by atoms with Crippen molar-refractivity contribution >= 4 is 39.2 Å². The second kappa shape index (κ2) is 5.13. The molecule has 2 fully saturated rings. The lowest BCUT2D eigenvalue weighted by atomic mass is 9.85. The Morgan fingerprint density at radius 2 is 1.77 bits per heavy atom. The van der Waals surface area contributed by atoms with Gasteiger partial charge in [0, 0.05) is 4.88 Å². The maximum atomic E-state index is 12.9. The van der Waals surface area contributed by atoms with Crippen molar-refractivity contribution in [2.75, 3.05) is 5.43 Å². The molecule has 3 heterocycles. The number of hydrogen-bond donors (Lipinski definition) is 1. The molecule has 1 aliphatic heterocycles. The lowest BCUT2D eigenvalue weighted by Gasteiger charge is -2.19. The van der Waals surface area contributed by atoms with E-state index in [9.17, 15) is 9.59 Å². The summed E-state index contributed by atoms with van der Waals surface area (Å²) in [5, 5.41) is 2.22. The lowest BCUT2D eigenvalue weighted by molar-refractivity contribution is -0.139. The highest BCUT2D eigenvalue weighted by Crippen LogP contribution is 2.52. The van der Waals surface area contributed by atoms with E-state index in [0.29, 0.717) is 5.82 Å². The molecule has 6 rings (SSSR count). The van der Waals surface area contributed by atoms with Crippen LogP contribution in [0.5, 0.6) is 0 Å². The highest BCUT2D eigenvalue weighted by Gasteiger charge is 2.59. The fraction of sp³-hybridized carbons (Fsp3) is 0.474. The molecule has 1 saturated carbocycles. The molecule has 4 atom stereocenters. The maximum Gasteiger partial charge on any atom is 0.252 e. The Morgan fingerprint density at radius 1 is 1.04 bits per heavy atom. The normalized spacial score (nSPS) is 31.8. The Labute approximate surface area is 154 Å². The van der Waals surface area contributed by atoms with Crippen LogP contribution in [0.15, 0.2) is 18.5 Å². The number of imide groups is 1. The molecule has 6 nitrogen and oxygen atoms in total. The molecule has 0 aromatic carbocycles. The highest BCUT2D eigenvalue weighted by atomic mass is 32.1. The van der Waals surface area contributed by atoms with Gasteiger partial charge in [-0.25, -0.2) is 9.97 Å². The predicted octanol–water partition coefficient (Wildman–Crippen LogP) is 2.70. The molecule has 7 heteroatoms. The molecule has 3 aliphatic carbocycles. The van der Waals surface area contributed by atoms with Crippen molar-refractivity contribution in [1.29, 1.82) is 0 Å². The van der Waals surface area contributed by atoms with Gasteiger partial charge >= 0.3 is 0 Å². The molecule has 4 aliphatic rings. The SMILES string of the molecule is O=C1[C@H]2[C@H](C(=O)N1Nc1ncnc3sc4c(c13)CCCC4)[C@H]1C=C[C@H]2C1. The minimum absolute atomic E-state index is 0.104. The first-order valence-corrected chi connectivity index (χ1v) is 10.1. The minimum Gasteiger partial charge on any atom is -0.272 e. The van der Waals surface area contributed by atoms with Gasteiger partial charge in [0.25, 0.3) is 11.8 Å². The number of hydrogen-bond acceptors (Lipinski definition) is 6. The summed E-state index contributed by atoms with van der Waals surface area (Å²) in [5.41, 5.74) is 4.37. The predicted molar refractivity (Wildman–Crippen MR) is 97.2 cm³/mol. The molecule has 0 unspecified atom stereocenters. The highest BCUT2D eigenvalue weighted by molar-refractivity contribution is 7.19. The van der Waals surface area contributed by atoms with Crippen LogP contribution in [-0.2, 0) is 22.4 Å². The summed E-state index contributed by atoms with van der Waals surface area (Å²) in [4.78, 5) is 37.0. The van der Waals surface area contributed by atoms with E-state index in [1.54, 1.807) is 11.3 Å². The minimum atomic E-state index is -0.196. The largest absolute Gasteiger partial charge is 0.272 e. The number of carbonyl (C=O) groups excluding carboxylic acids is 2. The number of carbonyl (C=O) groups is 2.